The predicted molar refractivity (Wildman–Crippen MR) is 138 cm³/mol. The van der Waals surface area contributed by atoms with Crippen molar-refractivity contribution in [3.05, 3.63) is 84.4 Å². The van der Waals surface area contributed by atoms with Gasteiger partial charge in [-0.1, -0.05) is 79.8 Å². The first-order valence-electron chi connectivity index (χ1n) is 10.7. The van der Waals surface area contributed by atoms with Crippen LogP contribution >= 0.6 is 23.7 Å². The topological polar surface area (TPSA) is 36.4 Å². The lowest BCUT2D eigenvalue weighted by atomic mass is 10.0. The fraction of sp³-hybridized carbons (Fsp3) is 0.231. The van der Waals surface area contributed by atoms with Gasteiger partial charge >= 0.3 is 0 Å². The summed E-state index contributed by atoms with van der Waals surface area (Å²) < 4.78 is 1.09. The van der Waals surface area contributed by atoms with Gasteiger partial charge in [0.2, 0.25) is 0 Å². The number of fused-ring (bicyclic) bond motifs is 1. The highest BCUT2D eigenvalue weighted by atomic mass is 35.5. The van der Waals surface area contributed by atoms with Gasteiger partial charge in [-0.25, -0.2) is 4.98 Å². The maximum atomic E-state index is 13.5. The molecule has 1 heterocycles. The second-order valence-corrected chi connectivity index (χ2v) is 8.40. The molecule has 32 heavy (non-hydrogen) atoms. The number of carbonyl (C=O) groups is 1. The van der Waals surface area contributed by atoms with E-state index < -0.39 is 0 Å². The SMILES string of the molecule is CCN(CC)CCN(C(=O)c1ccc(-c2ccccc2)cc1)c1nc2ccccc2s1.Cl. The minimum Gasteiger partial charge on any atom is -0.302 e. The first kappa shape index (κ1) is 23.9. The Morgan fingerprint density at radius 2 is 1.44 bits per heavy atom. The number of anilines is 1. The summed E-state index contributed by atoms with van der Waals surface area (Å²) in [6.45, 7) is 7.65. The van der Waals surface area contributed by atoms with E-state index in [1.54, 1.807) is 11.3 Å². The van der Waals surface area contributed by atoms with Crippen molar-refractivity contribution in [3.8, 4) is 11.1 Å². The maximum absolute atomic E-state index is 13.5. The van der Waals surface area contributed by atoms with Crippen LogP contribution in [0.4, 0.5) is 5.13 Å². The number of carbonyl (C=O) groups excluding carboxylic acids is 1. The van der Waals surface area contributed by atoms with Crippen molar-refractivity contribution >= 4 is 45.0 Å². The molecule has 1 aromatic heterocycles. The highest BCUT2D eigenvalue weighted by Crippen LogP contribution is 2.30. The second-order valence-electron chi connectivity index (χ2n) is 7.39. The maximum Gasteiger partial charge on any atom is 0.260 e. The number of nitrogens with zero attached hydrogens (tertiary/aromatic N) is 3. The number of aromatic nitrogens is 1. The third-order valence-electron chi connectivity index (χ3n) is 5.53. The van der Waals surface area contributed by atoms with Gasteiger partial charge in [0, 0.05) is 18.7 Å². The van der Waals surface area contributed by atoms with Gasteiger partial charge in [-0.15, -0.1) is 12.4 Å². The minimum atomic E-state index is -0.00850. The van der Waals surface area contributed by atoms with Crippen molar-refractivity contribution in [3.63, 3.8) is 0 Å². The number of rotatable bonds is 8. The molecule has 0 aliphatic heterocycles. The Bertz CT molecular complexity index is 1110. The van der Waals surface area contributed by atoms with Crippen molar-refractivity contribution in [1.82, 2.24) is 9.88 Å². The van der Waals surface area contributed by atoms with Crippen LogP contribution in [0.25, 0.3) is 21.3 Å². The molecule has 4 nitrogen and oxygen atoms in total. The van der Waals surface area contributed by atoms with E-state index in [-0.39, 0.29) is 18.3 Å². The van der Waals surface area contributed by atoms with Crippen molar-refractivity contribution < 1.29 is 4.79 Å². The van der Waals surface area contributed by atoms with Gasteiger partial charge in [0.1, 0.15) is 0 Å². The molecule has 1 amide bonds. The van der Waals surface area contributed by atoms with E-state index in [0.717, 1.165) is 46.1 Å². The molecular formula is C26H28ClN3OS. The van der Waals surface area contributed by atoms with Gasteiger partial charge in [-0.05, 0) is 48.5 Å². The summed E-state index contributed by atoms with van der Waals surface area (Å²) in [6, 6.07) is 26.1. The number of halogens is 1. The largest absolute Gasteiger partial charge is 0.302 e. The summed E-state index contributed by atoms with van der Waals surface area (Å²) in [7, 11) is 0. The predicted octanol–water partition coefficient (Wildman–Crippen LogP) is 6.37. The van der Waals surface area contributed by atoms with E-state index in [9.17, 15) is 4.79 Å². The normalized spacial score (nSPS) is 10.8. The molecule has 0 aliphatic carbocycles. The number of hydrogen-bond acceptors (Lipinski definition) is 4. The fourth-order valence-corrected chi connectivity index (χ4v) is 4.62. The quantitative estimate of drug-likeness (QED) is 0.303. The summed E-state index contributed by atoms with van der Waals surface area (Å²) in [5, 5.41) is 0.755. The van der Waals surface area contributed by atoms with Gasteiger partial charge in [-0.3, -0.25) is 9.69 Å². The van der Waals surface area contributed by atoms with Gasteiger partial charge in [0.15, 0.2) is 5.13 Å². The molecule has 0 saturated carbocycles. The first-order valence-corrected chi connectivity index (χ1v) is 11.6. The second kappa shape index (κ2) is 11.2. The van der Waals surface area contributed by atoms with E-state index in [2.05, 4.69) is 36.9 Å². The third-order valence-corrected chi connectivity index (χ3v) is 6.59. The molecule has 4 aromatic rings. The third kappa shape index (κ3) is 5.36. The summed E-state index contributed by atoms with van der Waals surface area (Å²) in [6.07, 6.45) is 0. The highest BCUT2D eigenvalue weighted by molar-refractivity contribution is 7.22. The van der Waals surface area contributed by atoms with Crippen LogP contribution in [0, 0.1) is 0 Å². The number of likely N-dealkylation sites (N-methyl/N-ethyl adjacent to an activating group) is 1. The van der Waals surface area contributed by atoms with Crippen molar-refractivity contribution in [2.75, 3.05) is 31.1 Å². The standard InChI is InChI=1S/C26H27N3OS.ClH/c1-3-28(4-2)18-19-29(26-27-23-12-8-9-13-24(23)31-26)25(30)22-16-14-21(15-17-22)20-10-6-5-7-11-20;/h5-17H,3-4,18-19H2,1-2H3;1H. The average molecular weight is 466 g/mol. The lowest BCUT2D eigenvalue weighted by molar-refractivity contribution is 0.0984. The number of amides is 1. The van der Waals surface area contributed by atoms with Crippen molar-refractivity contribution in [1.29, 1.82) is 0 Å². The molecule has 0 aliphatic rings. The fourth-order valence-electron chi connectivity index (χ4n) is 3.63. The Labute approximate surface area is 199 Å². The lowest BCUT2D eigenvalue weighted by Crippen LogP contribution is -2.38. The summed E-state index contributed by atoms with van der Waals surface area (Å²) in [4.78, 5) is 22.5. The molecule has 0 saturated heterocycles. The van der Waals surface area contributed by atoms with Crippen LogP contribution in [0.1, 0.15) is 24.2 Å². The molecule has 0 unspecified atom stereocenters. The van der Waals surface area contributed by atoms with Crippen molar-refractivity contribution in [2.24, 2.45) is 0 Å². The van der Waals surface area contributed by atoms with Crippen LogP contribution in [0.5, 0.6) is 0 Å². The molecule has 3 aromatic carbocycles. The molecular weight excluding hydrogens is 438 g/mol. The van der Waals surface area contributed by atoms with E-state index in [1.165, 1.54) is 0 Å². The first-order chi connectivity index (χ1) is 15.2. The molecule has 0 atom stereocenters. The lowest BCUT2D eigenvalue weighted by Gasteiger charge is -2.24. The molecule has 0 bridgehead atoms. The highest BCUT2D eigenvalue weighted by Gasteiger charge is 2.22. The summed E-state index contributed by atoms with van der Waals surface area (Å²) >= 11 is 1.57. The zero-order chi connectivity index (χ0) is 21.6. The molecule has 166 valence electrons. The monoisotopic (exact) mass is 465 g/mol. The van der Waals surface area contributed by atoms with Gasteiger partial charge in [0.25, 0.3) is 5.91 Å². The van der Waals surface area contributed by atoms with Crippen LogP contribution in [0.3, 0.4) is 0 Å². The van der Waals surface area contributed by atoms with E-state index in [0.29, 0.717) is 12.1 Å². The Balaban J connectivity index is 0.00000289. The Hall–Kier alpha value is -2.73. The summed E-state index contributed by atoms with van der Waals surface area (Å²) in [5.41, 5.74) is 3.86. The number of thiazole rings is 1. The molecule has 0 N–H and O–H groups in total. The van der Waals surface area contributed by atoms with E-state index in [4.69, 9.17) is 4.98 Å². The van der Waals surface area contributed by atoms with Crippen LogP contribution in [0.15, 0.2) is 78.9 Å². The molecule has 6 heteroatoms. The molecule has 0 radical (unpaired) electrons. The van der Waals surface area contributed by atoms with E-state index in [1.807, 2.05) is 65.6 Å². The number of hydrogen-bond donors (Lipinski definition) is 0. The zero-order valence-corrected chi connectivity index (χ0v) is 20.0. The smallest absolute Gasteiger partial charge is 0.260 e. The molecule has 4 rings (SSSR count). The molecule has 0 spiro atoms. The summed E-state index contributed by atoms with van der Waals surface area (Å²) in [5.74, 6) is -0.00850. The Morgan fingerprint density at radius 3 is 2.09 bits per heavy atom. The van der Waals surface area contributed by atoms with Crippen LogP contribution in [0.2, 0.25) is 0 Å². The Morgan fingerprint density at radius 1 is 0.812 bits per heavy atom. The Kier molecular flexibility index (Phi) is 8.39. The number of para-hydroxylation sites is 1. The zero-order valence-electron chi connectivity index (χ0n) is 18.4. The average Bonchev–Trinajstić information content (AvgIpc) is 3.26. The molecule has 0 fully saturated rings. The van der Waals surface area contributed by atoms with Crippen LogP contribution in [-0.4, -0.2) is 42.0 Å². The minimum absolute atomic E-state index is 0. The van der Waals surface area contributed by atoms with Crippen LogP contribution in [-0.2, 0) is 0 Å². The van der Waals surface area contributed by atoms with Crippen LogP contribution < -0.4 is 4.90 Å². The van der Waals surface area contributed by atoms with Gasteiger partial charge in [-0.2, -0.15) is 0 Å². The van der Waals surface area contributed by atoms with Crippen molar-refractivity contribution in [2.45, 2.75) is 13.8 Å². The van der Waals surface area contributed by atoms with Gasteiger partial charge in [0.05, 0.1) is 10.2 Å². The number of benzene rings is 3. The van der Waals surface area contributed by atoms with E-state index >= 15 is 0 Å². The van der Waals surface area contributed by atoms with Gasteiger partial charge < -0.3 is 4.90 Å².